The fourth-order valence-corrected chi connectivity index (χ4v) is 2.09. The molecule has 1 saturated heterocycles. The largest absolute Gasteiger partial charge is 0.478 e. The first kappa shape index (κ1) is 12.4. The summed E-state index contributed by atoms with van der Waals surface area (Å²) in [6, 6.07) is 5.11. The molecule has 2 fully saturated rings. The molecule has 1 N–H and O–H groups in total. The number of hydrogen-bond donors (Lipinski definition) is 1. The molecule has 3 rings (SSSR count). The summed E-state index contributed by atoms with van der Waals surface area (Å²) in [4.78, 5) is 11.3. The molecule has 0 spiro atoms. The van der Waals surface area contributed by atoms with E-state index in [1.165, 1.54) is 25.0 Å². The molecule has 0 radical (unpaired) electrons. The van der Waals surface area contributed by atoms with E-state index in [0.29, 0.717) is 31.4 Å². The summed E-state index contributed by atoms with van der Waals surface area (Å²) >= 11 is 0. The monoisotopic (exact) mass is 265 g/mol. The summed E-state index contributed by atoms with van der Waals surface area (Å²) in [5, 5.41) is 3.32. The van der Waals surface area contributed by atoms with Crippen LogP contribution in [-0.2, 0) is 16.1 Å². The standard InChI is InChI=1S/C14H16FNO3/c15-10-5-9(8-16-11-1-2-11)6-12(7-10)19-13-3-4-18-14(13)17/h5-7,11,13,16H,1-4,8H2. The predicted octanol–water partition coefficient (Wildman–Crippen LogP) is 1.77. The fourth-order valence-electron chi connectivity index (χ4n) is 2.09. The van der Waals surface area contributed by atoms with Crippen LogP contribution in [0.3, 0.4) is 0 Å². The topological polar surface area (TPSA) is 47.6 Å². The van der Waals surface area contributed by atoms with Crippen molar-refractivity contribution in [3.8, 4) is 5.75 Å². The number of cyclic esters (lactones) is 1. The van der Waals surface area contributed by atoms with Crippen molar-refractivity contribution in [2.24, 2.45) is 0 Å². The Morgan fingerprint density at radius 2 is 2.16 bits per heavy atom. The van der Waals surface area contributed by atoms with Crippen LogP contribution in [0.25, 0.3) is 0 Å². The van der Waals surface area contributed by atoms with Crippen LogP contribution in [0.2, 0.25) is 0 Å². The molecule has 4 nitrogen and oxygen atoms in total. The number of halogens is 1. The third-order valence-electron chi connectivity index (χ3n) is 3.27. The van der Waals surface area contributed by atoms with Gasteiger partial charge in [0.15, 0.2) is 6.10 Å². The van der Waals surface area contributed by atoms with Crippen LogP contribution in [0.15, 0.2) is 18.2 Å². The zero-order chi connectivity index (χ0) is 13.2. The van der Waals surface area contributed by atoms with Gasteiger partial charge in [-0.1, -0.05) is 0 Å². The van der Waals surface area contributed by atoms with Crippen LogP contribution >= 0.6 is 0 Å². The molecule has 19 heavy (non-hydrogen) atoms. The maximum Gasteiger partial charge on any atom is 0.347 e. The number of benzene rings is 1. The molecule has 0 amide bonds. The summed E-state index contributed by atoms with van der Waals surface area (Å²) in [5.74, 6) is -0.338. The maximum atomic E-state index is 13.5. The van der Waals surface area contributed by atoms with Crippen molar-refractivity contribution in [2.75, 3.05) is 6.61 Å². The number of esters is 1. The Labute approximate surface area is 110 Å². The van der Waals surface area contributed by atoms with Crippen LogP contribution in [0.4, 0.5) is 4.39 Å². The van der Waals surface area contributed by atoms with Gasteiger partial charge in [0.25, 0.3) is 0 Å². The molecule has 1 aliphatic carbocycles. The van der Waals surface area contributed by atoms with Crippen LogP contribution in [0.5, 0.6) is 5.75 Å². The van der Waals surface area contributed by atoms with Gasteiger partial charge in [-0.2, -0.15) is 0 Å². The molecule has 0 bridgehead atoms. The van der Waals surface area contributed by atoms with Gasteiger partial charge in [0, 0.05) is 25.1 Å². The van der Waals surface area contributed by atoms with Crippen molar-refractivity contribution in [2.45, 2.75) is 38.0 Å². The second-order valence-electron chi connectivity index (χ2n) is 5.01. The van der Waals surface area contributed by atoms with Crippen LogP contribution in [0.1, 0.15) is 24.8 Å². The van der Waals surface area contributed by atoms with Crippen LogP contribution < -0.4 is 10.1 Å². The molecule has 1 atom stereocenters. The molecule has 1 aromatic rings. The van der Waals surface area contributed by atoms with Crippen molar-refractivity contribution in [1.82, 2.24) is 5.32 Å². The Hall–Kier alpha value is -1.62. The average molecular weight is 265 g/mol. The van der Waals surface area contributed by atoms with E-state index >= 15 is 0 Å². The normalized spacial score (nSPS) is 22.4. The van der Waals surface area contributed by atoms with Crippen molar-refractivity contribution < 1.29 is 18.7 Å². The summed E-state index contributed by atoms with van der Waals surface area (Å²) in [6.07, 6.45) is 2.29. The van der Waals surface area contributed by atoms with Gasteiger partial charge in [0.05, 0.1) is 6.61 Å². The fraction of sp³-hybridized carbons (Fsp3) is 0.500. The van der Waals surface area contributed by atoms with Gasteiger partial charge >= 0.3 is 5.97 Å². The van der Waals surface area contributed by atoms with E-state index in [2.05, 4.69) is 5.32 Å². The second-order valence-corrected chi connectivity index (χ2v) is 5.01. The molecule has 2 aliphatic rings. The Morgan fingerprint density at radius 3 is 2.84 bits per heavy atom. The molecule has 1 aliphatic heterocycles. The SMILES string of the molecule is O=C1OCCC1Oc1cc(F)cc(CNC2CC2)c1. The van der Waals surface area contributed by atoms with Crippen molar-refractivity contribution in [3.63, 3.8) is 0 Å². The molecular weight excluding hydrogens is 249 g/mol. The highest BCUT2D eigenvalue weighted by Crippen LogP contribution is 2.23. The number of rotatable bonds is 5. The van der Waals surface area contributed by atoms with E-state index in [9.17, 15) is 9.18 Å². The zero-order valence-corrected chi connectivity index (χ0v) is 10.5. The second kappa shape index (κ2) is 5.17. The predicted molar refractivity (Wildman–Crippen MR) is 66.3 cm³/mol. The van der Waals surface area contributed by atoms with E-state index in [-0.39, 0.29) is 11.8 Å². The smallest absolute Gasteiger partial charge is 0.347 e. The minimum Gasteiger partial charge on any atom is -0.478 e. The van der Waals surface area contributed by atoms with E-state index in [1.807, 2.05) is 0 Å². The number of nitrogens with one attached hydrogen (secondary N) is 1. The Kier molecular flexibility index (Phi) is 3.38. The van der Waals surface area contributed by atoms with E-state index < -0.39 is 6.10 Å². The Morgan fingerprint density at radius 1 is 1.32 bits per heavy atom. The molecule has 5 heteroatoms. The van der Waals surface area contributed by atoms with Crippen molar-refractivity contribution >= 4 is 5.97 Å². The number of ether oxygens (including phenoxy) is 2. The van der Waals surface area contributed by atoms with Gasteiger partial charge in [-0.05, 0) is 30.5 Å². The third kappa shape index (κ3) is 3.23. The van der Waals surface area contributed by atoms with Gasteiger partial charge < -0.3 is 14.8 Å². The quantitative estimate of drug-likeness (QED) is 0.824. The highest BCUT2D eigenvalue weighted by molar-refractivity contribution is 5.76. The molecule has 1 aromatic carbocycles. The third-order valence-corrected chi connectivity index (χ3v) is 3.27. The minimum absolute atomic E-state index is 0.350. The lowest BCUT2D eigenvalue weighted by molar-refractivity contribution is -0.143. The lowest BCUT2D eigenvalue weighted by Crippen LogP contribution is -2.22. The van der Waals surface area contributed by atoms with Crippen LogP contribution in [-0.4, -0.2) is 24.7 Å². The first-order valence-corrected chi connectivity index (χ1v) is 6.57. The van der Waals surface area contributed by atoms with Crippen LogP contribution in [0, 0.1) is 5.82 Å². The van der Waals surface area contributed by atoms with Gasteiger partial charge in [-0.3, -0.25) is 0 Å². The Bertz CT molecular complexity index is 488. The van der Waals surface area contributed by atoms with Crippen molar-refractivity contribution in [1.29, 1.82) is 0 Å². The van der Waals surface area contributed by atoms with E-state index in [1.54, 1.807) is 6.07 Å². The molecular formula is C14H16FNO3. The molecule has 1 heterocycles. The lowest BCUT2D eigenvalue weighted by atomic mass is 10.2. The highest BCUT2D eigenvalue weighted by atomic mass is 19.1. The minimum atomic E-state index is -0.606. The van der Waals surface area contributed by atoms with Gasteiger partial charge in [-0.25, -0.2) is 9.18 Å². The van der Waals surface area contributed by atoms with E-state index in [4.69, 9.17) is 9.47 Å². The number of carbonyl (C=O) groups excluding carboxylic acids is 1. The summed E-state index contributed by atoms with van der Waals surface area (Å²) in [6.45, 7) is 0.989. The first-order valence-electron chi connectivity index (χ1n) is 6.57. The van der Waals surface area contributed by atoms with Gasteiger partial charge in [0.2, 0.25) is 0 Å². The van der Waals surface area contributed by atoms with Gasteiger partial charge in [0.1, 0.15) is 11.6 Å². The summed E-state index contributed by atoms with van der Waals surface area (Å²) in [5.41, 5.74) is 0.827. The number of carbonyl (C=O) groups is 1. The molecule has 102 valence electrons. The van der Waals surface area contributed by atoms with E-state index in [0.717, 1.165) is 5.56 Å². The maximum absolute atomic E-state index is 13.5. The van der Waals surface area contributed by atoms with Crippen molar-refractivity contribution in [3.05, 3.63) is 29.6 Å². The summed E-state index contributed by atoms with van der Waals surface area (Å²) in [7, 11) is 0. The zero-order valence-electron chi connectivity index (χ0n) is 10.5. The number of hydrogen-bond acceptors (Lipinski definition) is 4. The molecule has 0 aromatic heterocycles. The summed E-state index contributed by atoms with van der Waals surface area (Å²) < 4.78 is 23.8. The average Bonchev–Trinajstić information content (AvgIpc) is 3.11. The first-order chi connectivity index (χ1) is 9.20. The highest BCUT2D eigenvalue weighted by Gasteiger charge is 2.28. The lowest BCUT2D eigenvalue weighted by Gasteiger charge is -2.12. The van der Waals surface area contributed by atoms with Gasteiger partial charge in [-0.15, -0.1) is 0 Å². The molecule has 1 unspecified atom stereocenters. The Balaban J connectivity index is 1.67. The molecule has 1 saturated carbocycles.